The predicted octanol–water partition coefficient (Wildman–Crippen LogP) is 4.75. The summed E-state index contributed by atoms with van der Waals surface area (Å²) >= 11 is 0. The largest absolute Gasteiger partial charge is 0.338 e. The van der Waals surface area contributed by atoms with E-state index in [9.17, 15) is 9.59 Å². The highest BCUT2D eigenvalue weighted by atomic mass is 16.2. The maximum atomic E-state index is 13.4. The van der Waals surface area contributed by atoms with Crippen molar-refractivity contribution in [2.24, 2.45) is 5.92 Å². The van der Waals surface area contributed by atoms with Crippen molar-refractivity contribution in [3.63, 3.8) is 0 Å². The first-order valence-corrected chi connectivity index (χ1v) is 11.0. The van der Waals surface area contributed by atoms with Crippen LogP contribution in [0.15, 0.2) is 78.9 Å². The molecule has 156 valence electrons. The zero-order valence-corrected chi connectivity index (χ0v) is 17.5. The average molecular weight is 411 g/mol. The SMILES string of the molecule is O=C(Nc1ccc2c(c1)CN(C(=O)C1CC1)CC2)C(c1ccccc1)c1ccccc1. The van der Waals surface area contributed by atoms with Crippen LogP contribution in [-0.2, 0) is 22.6 Å². The molecule has 5 rings (SSSR count). The molecule has 0 unspecified atom stereocenters. The minimum atomic E-state index is -0.383. The Hall–Kier alpha value is -3.40. The second kappa shape index (κ2) is 8.38. The Morgan fingerprint density at radius 2 is 1.48 bits per heavy atom. The van der Waals surface area contributed by atoms with Crippen molar-refractivity contribution in [2.45, 2.75) is 31.7 Å². The molecule has 4 heteroatoms. The van der Waals surface area contributed by atoms with Crippen LogP contribution >= 0.6 is 0 Å². The van der Waals surface area contributed by atoms with Gasteiger partial charge in [0.1, 0.15) is 0 Å². The molecule has 0 radical (unpaired) electrons. The van der Waals surface area contributed by atoms with Crippen molar-refractivity contribution in [3.05, 3.63) is 101 Å². The lowest BCUT2D eigenvalue weighted by Crippen LogP contribution is -2.36. The molecule has 1 aliphatic heterocycles. The maximum Gasteiger partial charge on any atom is 0.236 e. The summed E-state index contributed by atoms with van der Waals surface area (Å²) < 4.78 is 0. The summed E-state index contributed by atoms with van der Waals surface area (Å²) in [7, 11) is 0. The molecule has 1 N–H and O–H groups in total. The van der Waals surface area contributed by atoms with Gasteiger partial charge in [0.15, 0.2) is 0 Å². The molecule has 0 aromatic heterocycles. The van der Waals surface area contributed by atoms with Gasteiger partial charge < -0.3 is 10.2 Å². The van der Waals surface area contributed by atoms with E-state index < -0.39 is 0 Å². The highest BCUT2D eigenvalue weighted by Gasteiger charge is 2.34. The standard InChI is InChI=1S/C27H26N2O2/c30-26(25(20-7-3-1-4-8-20)21-9-5-2-6-10-21)28-24-14-13-19-15-16-29(18-23(19)17-24)27(31)22-11-12-22/h1-10,13-14,17,22,25H,11-12,15-16,18H2,(H,28,30). The first-order chi connectivity index (χ1) is 15.2. The molecule has 3 aromatic carbocycles. The lowest BCUT2D eigenvalue weighted by molar-refractivity contribution is -0.133. The first kappa shape index (κ1) is 19.6. The molecular formula is C27H26N2O2. The van der Waals surface area contributed by atoms with E-state index in [0.29, 0.717) is 6.54 Å². The van der Waals surface area contributed by atoms with Gasteiger partial charge in [-0.2, -0.15) is 0 Å². The van der Waals surface area contributed by atoms with Crippen molar-refractivity contribution in [1.82, 2.24) is 4.90 Å². The van der Waals surface area contributed by atoms with Crippen molar-refractivity contribution in [2.75, 3.05) is 11.9 Å². The molecule has 2 aliphatic rings. The summed E-state index contributed by atoms with van der Waals surface area (Å²) in [6.45, 7) is 1.42. The van der Waals surface area contributed by atoms with Crippen LogP contribution < -0.4 is 5.32 Å². The minimum Gasteiger partial charge on any atom is -0.338 e. The van der Waals surface area contributed by atoms with E-state index in [1.54, 1.807) is 0 Å². The highest BCUT2D eigenvalue weighted by molar-refractivity contribution is 5.98. The first-order valence-electron chi connectivity index (χ1n) is 11.0. The van der Waals surface area contributed by atoms with Gasteiger partial charge in [0.05, 0.1) is 5.92 Å². The predicted molar refractivity (Wildman–Crippen MR) is 122 cm³/mol. The second-order valence-electron chi connectivity index (χ2n) is 8.51. The van der Waals surface area contributed by atoms with Crippen molar-refractivity contribution >= 4 is 17.5 Å². The molecule has 0 atom stereocenters. The van der Waals surface area contributed by atoms with Gasteiger partial charge in [0.25, 0.3) is 0 Å². The molecule has 3 aromatic rings. The van der Waals surface area contributed by atoms with Gasteiger partial charge in [-0.25, -0.2) is 0 Å². The lowest BCUT2D eigenvalue weighted by atomic mass is 9.90. The van der Waals surface area contributed by atoms with Gasteiger partial charge in [0.2, 0.25) is 11.8 Å². The van der Waals surface area contributed by atoms with Gasteiger partial charge in [0, 0.05) is 24.7 Å². The van der Waals surface area contributed by atoms with Gasteiger partial charge in [-0.05, 0) is 53.6 Å². The molecule has 0 spiro atoms. The van der Waals surface area contributed by atoms with Crippen LogP contribution in [-0.4, -0.2) is 23.3 Å². The van der Waals surface area contributed by atoms with Crippen molar-refractivity contribution in [1.29, 1.82) is 0 Å². The van der Waals surface area contributed by atoms with E-state index in [4.69, 9.17) is 0 Å². The smallest absolute Gasteiger partial charge is 0.236 e. The molecule has 4 nitrogen and oxygen atoms in total. The zero-order chi connectivity index (χ0) is 21.2. The summed E-state index contributed by atoms with van der Waals surface area (Å²) in [5, 5.41) is 3.13. The van der Waals surface area contributed by atoms with Crippen LogP contribution in [0.25, 0.3) is 0 Å². The van der Waals surface area contributed by atoms with Crippen LogP contribution in [0, 0.1) is 5.92 Å². The number of amides is 2. The monoisotopic (exact) mass is 410 g/mol. The van der Waals surface area contributed by atoms with Crippen molar-refractivity contribution in [3.8, 4) is 0 Å². The van der Waals surface area contributed by atoms with Crippen molar-refractivity contribution < 1.29 is 9.59 Å². The summed E-state index contributed by atoms with van der Waals surface area (Å²) in [6.07, 6.45) is 2.93. The summed E-state index contributed by atoms with van der Waals surface area (Å²) in [5.41, 5.74) is 5.10. The Bertz CT molecular complexity index is 1050. The van der Waals surface area contributed by atoms with Crippen LogP contribution in [0.1, 0.15) is 41.0 Å². The van der Waals surface area contributed by atoms with Gasteiger partial charge >= 0.3 is 0 Å². The molecule has 0 saturated heterocycles. The Balaban J connectivity index is 1.38. The third-order valence-corrected chi connectivity index (χ3v) is 6.25. The summed E-state index contributed by atoms with van der Waals surface area (Å²) in [4.78, 5) is 27.8. The van der Waals surface area contributed by atoms with E-state index in [0.717, 1.165) is 48.2 Å². The van der Waals surface area contributed by atoms with E-state index >= 15 is 0 Å². The Labute approximate surface area is 182 Å². The third kappa shape index (κ3) is 4.24. The molecule has 0 bridgehead atoms. The topological polar surface area (TPSA) is 49.4 Å². The van der Waals surface area contributed by atoms with E-state index in [2.05, 4.69) is 11.4 Å². The van der Waals surface area contributed by atoms with Gasteiger partial charge in [-0.1, -0.05) is 66.7 Å². The molecule has 1 heterocycles. The number of benzene rings is 3. The van der Waals surface area contributed by atoms with Crippen LogP contribution in [0.2, 0.25) is 0 Å². The number of carbonyl (C=O) groups excluding carboxylic acids is 2. The van der Waals surface area contributed by atoms with E-state index in [1.165, 1.54) is 5.56 Å². The Morgan fingerprint density at radius 3 is 2.10 bits per heavy atom. The van der Waals surface area contributed by atoms with Crippen LogP contribution in [0.5, 0.6) is 0 Å². The second-order valence-corrected chi connectivity index (χ2v) is 8.51. The minimum absolute atomic E-state index is 0.0564. The molecule has 31 heavy (non-hydrogen) atoms. The fourth-order valence-corrected chi connectivity index (χ4v) is 4.41. The molecule has 2 amide bonds. The number of carbonyl (C=O) groups is 2. The van der Waals surface area contributed by atoms with Crippen LogP contribution in [0.3, 0.4) is 0 Å². The number of fused-ring (bicyclic) bond motifs is 1. The highest BCUT2D eigenvalue weighted by Crippen LogP contribution is 2.33. The zero-order valence-electron chi connectivity index (χ0n) is 17.5. The summed E-state index contributed by atoms with van der Waals surface area (Å²) in [6, 6.07) is 25.8. The third-order valence-electron chi connectivity index (χ3n) is 6.25. The van der Waals surface area contributed by atoms with E-state index in [-0.39, 0.29) is 23.7 Å². The normalized spacial score (nSPS) is 15.5. The number of anilines is 1. The number of nitrogens with zero attached hydrogens (tertiary/aromatic N) is 1. The van der Waals surface area contributed by atoms with E-state index in [1.807, 2.05) is 77.7 Å². The number of rotatable bonds is 5. The average Bonchev–Trinajstić information content (AvgIpc) is 3.65. The summed E-state index contributed by atoms with van der Waals surface area (Å²) in [5.74, 6) is 0.0840. The molecule has 1 saturated carbocycles. The number of nitrogens with one attached hydrogen (secondary N) is 1. The fourth-order valence-electron chi connectivity index (χ4n) is 4.41. The molecule has 1 aliphatic carbocycles. The number of hydrogen-bond acceptors (Lipinski definition) is 2. The Kier molecular flexibility index (Phi) is 5.29. The van der Waals surface area contributed by atoms with Crippen LogP contribution in [0.4, 0.5) is 5.69 Å². The number of hydrogen-bond donors (Lipinski definition) is 1. The molecule has 1 fully saturated rings. The molecular weight excluding hydrogens is 384 g/mol. The Morgan fingerprint density at radius 1 is 0.839 bits per heavy atom. The quantitative estimate of drug-likeness (QED) is 0.660. The maximum absolute atomic E-state index is 13.4. The lowest BCUT2D eigenvalue weighted by Gasteiger charge is -2.29. The fraction of sp³-hybridized carbons (Fsp3) is 0.259. The van der Waals surface area contributed by atoms with Gasteiger partial charge in [-0.15, -0.1) is 0 Å². The van der Waals surface area contributed by atoms with Gasteiger partial charge in [-0.3, -0.25) is 9.59 Å².